The van der Waals surface area contributed by atoms with Crippen LogP contribution in [-0.4, -0.2) is 12.4 Å². The molecule has 0 bridgehead atoms. The molecule has 0 unspecified atom stereocenters. The van der Waals surface area contributed by atoms with E-state index in [0.717, 1.165) is 18.2 Å². The topological polar surface area (TPSA) is 26.3 Å². The molecule has 0 aromatic heterocycles. The third kappa shape index (κ3) is 3.63. The van der Waals surface area contributed by atoms with Gasteiger partial charge in [-0.25, -0.2) is 8.78 Å². The first kappa shape index (κ1) is 14.2. The Kier molecular flexibility index (Phi) is 4.45. The summed E-state index contributed by atoms with van der Waals surface area (Å²) < 4.78 is 31.5. The standard InChI is InChI=1S/C16H14F2O2/c1-2-20-15-5-3-4-12(9-15)16(19)8-11-6-13(17)10-14(18)7-11/h3-7,9-10H,2,8H2,1H3. The Hall–Kier alpha value is -2.23. The summed E-state index contributed by atoms with van der Waals surface area (Å²) in [7, 11) is 0. The van der Waals surface area contributed by atoms with Crippen LogP contribution in [0.4, 0.5) is 8.78 Å². The van der Waals surface area contributed by atoms with Crippen molar-refractivity contribution in [1.29, 1.82) is 0 Å². The SMILES string of the molecule is CCOc1cccc(C(=O)Cc2cc(F)cc(F)c2)c1. The van der Waals surface area contributed by atoms with Gasteiger partial charge in [0, 0.05) is 18.1 Å². The van der Waals surface area contributed by atoms with Gasteiger partial charge in [-0.05, 0) is 36.8 Å². The minimum absolute atomic E-state index is 0.0513. The second-order valence-corrected chi connectivity index (χ2v) is 4.34. The molecular formula is C16H14F2O2. The van der Waals surface area contributed by atoms with Crippen LogP contribution in [0.15, 0.2) is 42.5 Å². The van der Waals surface area contributed by atoms with Crippen molar-refractivity contribution in [2.24, 2.45) is 0 Å². The zero-order chi connectivity index (χ0) is 14.5. The van der Waals surface area contributed by atoms with Crippen LogP contribution in [0.25, 0.3) is 0 Å². The number of benzene rings is 2. The van der Waals surface area contributed by atoms with Crippen LogP contribution in [0.3, 0.4) is 0 Å². The fraction of sp³-hybridized carbons (Fsp3) is 0.188. The summed E-state index contributed by atoms with van der Waals surface area (Å²) in [5.41, 5.74) is 0.773. The van der Waals surface area contributed by atoms with Gasteiger partial charge in [-0.3, -0.25) is 4.79 Å². The summed E-state index contributed by atoms with van der Waals surface area (Å²) in [6.07, 6.45) is -0.0513. The average Bonchev–Trinajstić information content (AvgIpc) is 2.38. The molecule has 0 spiro atoms. The fourth-order valence-electron chi connectivity index (χ4n) is 1.93. The first-order valence-electron chi connectivity index (χ1n) is 6.29. The summed E-state index contributed by atoms with van der Waals surface area (Å²) >= 11 is 0. The number of hydrogen-bond donors (Lipinski definition) is 0. The highest BCUT2D eigenvalue weighted by molar-refractivity contribution is 5.97. The Morgan fingerprint density at radius 2 is 1.80 bits per heavy atom. The highest BCUT2D eigenvalue weighted by atomic mass is 19.1. The molecule has 104 valence electrons. The smallest absolute Gasteiger partial charge is 0.167 e. The van der Waals surface area contributed by atoms with E-state index in [9.17, 15) is 13.6 Å². The zero-order valence-electron chi connectivity index (χ0n) is 11.0. The Labute approximate surface area is 116 Å². The number of ether oxygens (including phenoxy) is 1. The van der Waals surface area contributed by atoms with E-state index >= 15 is 0 Å². The van der Waals surface area contributed by atoms with Crippen molar-refractivity contribution in [3.8, 4) is 5.75 Å². The van der Waals surface area contributed by atoms with Crippen LogP contribution in [0.2, 0.25) is 0 Å². The molecule has 2 rings (SSSR count). The van der Waals surface area contributed by atoms with Gasteiger partial charge in [0.05, 0.1) is 6.61 Å². The van der Waals surface area contributed by atoms with Gasteiger partial charge in [0.2, 0.25) is 0 Å². The highest BCUT2D eigenvalue weighted by Crippen LogP contribution is 2.16. The Morgan fingerprint density at radius 3 is 2.45 bits per heavy atom. The third-order valence-electron chi connectivity index (χ3n) is 2.75. The predicted octanol–water partition coefficient (Wildman–Crippen LogP) is 3.79. The summed E-state index contributed by atoms with van der Waals surface area (Å²) in [6.45, 7) is 2.36. The molecule has 0 aliphatic rings. The van der Waals surface area contributed by atoms with Crippen LogP contribution in [0.1, 0.15) is 22.8 Å². The van der Waals surface area contributed by atoms with E-state index in [1.54, 1.807) is 24.3 Å². The van der Waals surface area contributed by atoms with Crippen molar-refractivity contribution in [2.75, 3.05) is 6.61 Å². The summed E-state index contributed by atoms with van der Waals surface area (Å²) in [5.74, 6) is -0.980. The van der Waals surface area contributed by atoms with E-state index < -0.39 is 11.6 Å². The average molecular weight is 276 g/mol. The molecule has 0 radical (unpaired) electrons. The molecule has 0 saturated carbocycles. The number of hydrogen-bond acceptors (Lipinski definition) is 2. The Balaban J connectivity index is 2.17. The van der Waals surface area contributed by atoms with Gasteiger partial charge < -0.3 is 4.74 Å². The van der Waals surface area contributed by atoms with Crippen molar-refractivity contribution < 1.29 is 18.3 Å². The van der Waals surface area contributed by atoms with Gasteiger partial charge in [0.25, 0.3) is 0 Å². The minimum atomic E-state index is -0.684. The number of Topliss-reactive ketones (excluding diaryl/α,β-unsaturated/α-hetero) is 1. The lowest BCUT2D eigenvalue weighted by molar-refractivity contribution is 0.0992. The lowest BCUT2D eigenvalue weighted by Gasteiger charge is -2.06. The molecule has 0 aliphatic carbocycles. The van der Waals surface area contributed by atoms with Crippen molar-refractivity contribution in [3.05, 3.63) is 65.2 Å². The van der Waals surface area contributed by atoms with Crippen molar-refractivity contribution in [3.63, 3.8) is 0 Å². The van der Waals surface area contributed by atoms with Gasteiger partial charge in [0.15, 0.2) is 5.78 Å². The number of rotatable bonds is 5. The maximum Gasteiger partial charge on any atom is 0.167 e. The molecule has 0 saturated heterocycles. The molecule has 0 amide bonds. The zero-order valence-corrected chi connectivity index (χ0v) is 11.0. The molecule has 0 N–H and O–H groups in total. The van der Waals surface area contributed by atoms with Gasteiger partial charge in [0.1, 0.15) is 17.4 Å². The summed E-state index contributed by atoms with van der Waals surface area (Å²) in [6, 6.07) is 9.85. The normalized spacial score (nSPS) is 10.3. The van der Waals surface area contributed by atoms with Gasteiger partial charge in [-0.1, -0.05) is 12.1 Å². The lowest BCUT2D eigenvalue weighted by atomic mass is 10.0. The molecule has 2 aromatic rings. The van der Waals surface area contributed by atoms with Crippen molar-refractivity contribution >= 4 is 5.78 Å². The number of carbonyl (C=O) groups excluding carboxylic acids is 1. The molecule has 0 atom stereocenters. The summed E-state index contributed by atoms with van der Waals surface area (Å²) in [4.78, 5) is 12.1. The highest BCUT2D eigenvalue weighted by Gasteiger charge is 2.10. The maximum absolute atomic E-state index is 13.1. The first-order chi connectivity index (χ1) is 9.58. The fourth-order valence-corrected chi connectivity index (χ4v) is 1.93. The van der Waals surface area contributed by atoms with Crippen LogP contribution in [-0.2, 0) is 6.42 Å². The number of ketones is 1. The van der Waals surface area contributed by atoms with Crippen LogP contribution < -0.4 is 4.74 Å². The van der Waals surface area contributed by atoms with E-state index in [1.165, 1.54) is 0 Å². The molecule has 0 fully saturated rings. The van der Waals surface area contributed by atoms with Crippen LogP contribution >= 0.6 is 0 Å². The van der Waals surface area contributed by atoms with Gasteiger partial charge in [-0.15, -0.1) is 0 Å². The Morgan fingerprint density at radius 1 is 1.10 bits per heavy atom. The van der Waals surface area contributed by atoms with E-state index in [2.05, 4.69) is 0 Å². The Bertz CT molecular complexity index is 603. The van der Waals surface area contributed by atoms with E-state index in [-0.39, 0.29) is 12.2 Å². The molecule has 4 heteroatoms. The van der Waals surface area contributed by atoms with E-state index in [4.69, 9.17) is 4.74 Å². The number of carbonyl (C=O) groups is 1. The quantitative estimate of drug-likeness (QED) is 0.777. The molecule has 0 heterocycles. The van der Waals surface area contributed by atoms with Crippen LogP contribution in [0, 0.1) is 11.6 Å². The van der Waals surface area contributed by atoms with E-state index in [1.807, 2.05) is 6.92 Å². The molecule has 20 heavy (non-hydrogen) atoms. The van der Waals surface area contributed by atoms with Crippen LogP contribution in [0.5, 0.6) is 5.75 Å². The third-order valence-corrected chi connectivity index (χ3v) is 2.75. The second kappa shape index (κ2) is 6.28. The summed E-state index contributed by atoms with van der Waals surface area (Å²) in [5, 5.41) is 0. The molecule has 0 aliphatic heterocycles. The van der Waals surface area contributed by atoms with Crippen molar-refractivity contribution in [1.82, 2.24) is 0 Å². The van der Waals surface area contributed by atoms with E-state index in [0.29, 0.717) is 23.5 Å². The van der Waals surface area contributed by atoms with Gasteiger partial charge >= 0.3 is 0 Å². The molecule has 2 nitrogen and oxygen atoms in total. The lowest BCUT2D eigenvalue weighted by Crippen LogP contribution is -2.05. The first-order valence-corrected chi connectivity index (χ1v) is 6.29. The largest absolute Gasteiger partial charge is 0.494 e. The monoisotopic (exact) mass is 276 g/mol. The minimum Gasteiger partial charge on any atom is -0.494 e. The second-order valence-electron chi connectivity index (χ2n) is 4.34. The molecular weight excluding hydrogens is 262 g/mol. The molecule has 2 aromatic carbocycles. The van der Waals surface area contributed by atoms with Gasteiger partial charge in [-0.2, -0.15) is 0 Å². The van der Waals surface area contributed by atoms with Crippen molar-refractivity contribution in [2.45, 2.75) is 13.3 Å². The maximum atomic E-state index is 13.1. The predicted molar refractivity (Wildman–Crippen MR) is 72.0 cm³/mol. The number of halogens is 2.